The Bertz CT molecular complexity index is 346. The van der Waals surface area contributed by atoms with Gasteiger partial charge in [-0.1, -0.05) is 69.4 Å². The van der Waals surface area contributed by atoms with Crippen molar-refractivity contribution in [3.05, 3.63) is 35.9 Å². The highest BCUT2D eigenvalue weighted by atomic mass is 16.5. The first-order valence-electron chi connectivity index (χ1n) is 8.02. The molecule has 0 aliphatic rings. The molecule has 0 radical (unpaired) electrons. The van der Waals surface area contributed by atoms with E-state index in [4.69, 9.17) is 4.74 Å². The maximum atomic E-state index is 11.5. The van der Waals surface area contributed by atoms with E-state index in [1.165, 1.54) is 37.7 Å². The second-order valence-corrected chi connectivity index (χ2v) is 5.33. The lowest BCUT2D eigenvalue weighted by Gasteiger charge is -2.05. The van der Waals surface area contributed by atoms with Crippen molar-refractivity contribution in [2.45, 2.75) is 64.7 Å². The van der Waals surface area contributed by atoms with Gasteiger partial charge in [0, 0.05) is 6.42 Å². The van der Waals surface area contributed by atoms with Crippen LogP contribution >= 0.6 is 0 Å². The number of carbonyl (C=O) groups excluding carboxylic acids is 1. The van der Waals surface area contributed by atoms with Crippen LogP contribution in [0.1, 0.15) is 63.9 Å². The van der Waals surface area contributed by atoms with E-state index >= 15 is 0 Å². The third-order valence-corrected chi connectivity index (χ3v) is 3.45. The Morgan fingerprint density at radius 2 is 1.65 bits per heavy atom. The fourth-order valence-corrected chi connectivity index (χ4v) is 2.22. The number of ether oxygens (including phenoxy) is 1. The van der Waals surface area contributed by atoms with E-state index in [0.717, 1.165) is 19.3 Å². The van der Waals surface area contributed by atoms with Gasteiger partial charge >= 0.3 is 5.97 Å². The molecule has 0 aromatic heterocycles. The molecule has 0 fully saturated rings. The zero-order valence-corrected chi connectivity index (χ0v) is 12.8. The van der Waals surface area contributed by atoms with Gasteiger partial charge in [-0.3, -0.25) is 4.79 Å². The van der Waals surface area contributed by atoms with E-state index in [2.05, 4.69) is 19.1 Å². The number of carbonyl (C=O) groups is 1. The van der Waals surface area contributed by atoms with Crippen LogP contribution in [0.15, 0.2) is 30.3 Å². The summed E-state index contributed by atoms with van der Waals surface area (Å²) in [4.78, 5) is 11.5. The number of hydrogen-bond donors (Lipinski definition) is 0. The molecule has 2 nitrogen and oxygen atoms in total. The first kappa shape index (κ1) is 16.7. The lowest BCUT2D eigenvalue weighted by molar-refractivity contribution is -0.143. The van der Waals surface area contributed by atoms with Gasteiger partial charge in [0.25, 0.3) is 0 Å². The van der Waals surface area contributed by atoms with Crippen molar-refractivity contribution in [3.63, 3.8) is 0 Å². The summed E-state index contributed by atoms with van der Waals surface area (Å²) in [6.45, 7) is 2.81. The van der Waals surface area contributed by atoms with Gasteiger partial charge in [0.2, 0.25) is 0 Å². The summed E-state index contributed by atoms with van der Waals surface area (Å²) >= 11 is 0. The molecule has 1 aromatic carbocycles. The molecule has 0 saturated heterocycles. The Labute approximate surface area is 123 Å². The van der Waals surface area contributed by atoms with Gasteiger partial charge in [0.05, 0.1) is 6.61 Å². The Hall–Kier alpha value is -1.31. The van der Waals surface area contributed by atoms with Gasteiger partial charge in [-0.25, -0.2) is 0 Å². The molecule has 2 heteroatoms. The van der Waals surface area contributed by atoms with Crippen molar-refractivity contribution in [3.8, 4) is 0 Å². The minimum atomic E-state index is -0.0468. The molecule has 0 bridgehead atoms. The van der Waals surface area contributed by atoms with Crippen LogP contribution in [0.5, 0.6) is 0 Å². The fraction of sp³-hybridized carbons (Fsp3) is 0.611. The second kappa shape index (κ2) is 11.5. The third-order valence-electron chi connectivity index (χ3n) is 3.45. The van der Waals surface area contributed by atoms with Crippen LogP contribution in [-0.2, 0) is 16.0 Å². The van der Waals surface area contributed by atoms with Crippen molar-refractivity contribution >= 4 is 5.97 Å². The maximum absolute atomic E-state index is 11.5. The monoisotopic (exact) mass is 276 g/mol. The first-order valence-corrected chi connectivity index (χ1v) is 8.02. The maximum Gasteiger partial charge on any atom is 0.305 e. The highest BCUT2D eigenvalue weighted by molar-refractivity contribution is 5.69. The molecule has 0 amide bonds. The van der Waals surface area contributed by atoms with E-state index in [1.54, 1.807) is 0 Å². The lowest BCUT2D eigenvalue weighted by Crippen LogP contribution is -2.06. The van der Waals surface area contributed by atoms with Crippen molar-refractivity contribution in [2.24, 2.45) is 0 Å². The fourth-order valence-electron chi connectivity index (χ4n) is 2.22. The normalized spacial score (nSPS) is 10.4. The van der Waals surface area contributed by atoms with Crippen molar-refractivity contribution in [1.29, 1.82) is 0 Å². The number of aryl methyl sites for hydroxylation is 1. The third kappa shape index (κ3) is 8.73. The molecule has 0 unspecified atom stereocenters. The largest absolute Gasteiger partial charge is 0.466 e. The van der Waals surface area contributed by atoms with E-state index < -0.39 is 0 Å². The van der Waals surface area contributed by atoms with Crippen LogP contribution in [0.25, 0.3) is 0 Å². The topological polar surface area (TPSA) is 26.3 Å². The van der Waals surface area contributed by atoms with Crippen molar-refractivity contribution < 1.29 is 9.53 Å². The number of benzene rings is 1. The Balaban J connectivity index is 1.93. The standard InChI is InChI=1S/C18H28O2/c1-2-3-4-5-6-10-16-20-18(19)15-11-14-17-12-8-7-9-13-17/h7-9,12-13H,2-6,10-11,14-16H2,1H3. The van der Waals surface area contributed by atoms with Gasteiger partial charge in [-0.15, -0.1) is 0 Å². The molecule has 112 valence electrons. The molecule has 20 heavy (non-hydrogen) atoms. The molecule has 0 atom stereocenters. The van der Waals surface area contributed by atoms with E-state index in [0.29, 0.717) is 13.0 Å². The smallest absolute Gasteiger partial charge is 0.305 e. The summed E-state index contributed by atoms with van der Waals surface area (Å²) < 4.78 is 5.25. The average Bonchev–Trinajstić information content (AvgIpc) is 2.47. The number of esters is 1. The zero-order chi connectivity index (χ0) is 14.5. The SMILES string of the molecule is CCCCCCCCOC(=O)CCCc1ccccc1. The van der Waals surface area contributed by atoms with Gasteiger partial charge < -0.3 is 4.74 Å². The van der Waals surface area contributed by atoms with Crippen LogP contribution in [0.4, 0.5) is 0 Å². The lowest BCUT2D eigenvalue weighted by atomic mass is 10.1. The summed E-state index contributed by atoms with van der Waals surface area (Å²) in [6, 6.07) is 10.3. The number of hydrogen-bond acceptors (Lipinski definition) is 2. The Kier molecular flexibility index (Phi) is 9.64. The second-order valence-electron chi connectivity index (χ2n) is 5.33. The molecule has 0 spiro atoms. The average molecular weight is 276 g/mol. The predicted molar refractivity (Wildman–Crippen MR) is 83.7 cm³/mol. The molecule has 0 N–H and O–H groups in total. The number of unbranched alkanes of at least 4 members (excludes halogenated alkanes) is 5. The van der Waals surface area contributed by atoms with Crippen LogP contribution in [-0.4, -0.2) is 12.6 Å². The van der Waals surface area contributed by atoms with Gasteiger partial charge in [0.15, 0.2) is 0 Å². The summed E-state index contributed by atoms with van der Waals surface area (Å²) in [5.41, 5.74) is 1.29. The molecule has 1 rings (SSSR count). The molecule has 0 saturated carbocycles. The summed E-state index contributed by atoms with van der Waals surface area (Å²) in [5.74, 6) is -0.0468. The van der Waals surface area contributed by atoms with Crippen LogP contribution in [0.3, 0.4) is 0 Å². The van der Waals surface area contributed by atoms with Crippen LogP contribution in [0.2, 0.25) is 0 Å². The highest BCUT2D eigenvalue weighted by Crippen LogP contribution is 2.07. The van der Waals surface area contributed by atoms with Crippen LogP contribution in [0, 0.1) is 0 Å². The zero-order valence-electron chi connectivity index (χ0n) is 12.8. The number of rotatable bonds is 11. The quantitative estimate of drug-likeness (QED) is 0.424. The van der Waals surface area contributed by atoms with E-state index in [1.807, 2.05) is 18.2 Å². The molecule has 0 heterocycles. The summed E-state index contributed by atoms with van der Waals surface area (Å²) in [7, 11) is 0. The van der Waals surface area contributed by atoms with E-state index in [-0.39, 0.29) is 5.97 Å². The molecule has 1 aromatic rings. The predicted octanol–water partition coefficient (Wildman–Crippen LogP) is 4.91. The molecular formula is C18H28O2. The van der Waals surface area contributed by atoms with Crippen molar-refractivity contribution in [2.75, 3.05) is 6.61 Å². The van der Waals surface area contributed by atoms with Crippen LogP contribution < -0.4 is 0 Å². The summed E-state index contributed by atoms with van der Waals surface area (Å²) in [6.07, 6.45) is 9.71. The minimum Gasteiger partial charge on any atom is -0.466 e. The minimum absolute atomic E-state index is 0.0468. The highest BCUT2D eigenvalue weighted by Gasteiger charge is 2.02. The van der Waals surface area contributed by atoms with Gasteiger partial charge in [-0.2, -0.15) is 0 Å². The van der Waals surface area contributed by atoms with Gasteiger partial charge in [0.1, 0.15) is 0 Å². The Morgan fingerprint density at radius 1 is 0.950 bits per heavy atom. The molecular weight excluding hydrogens is 248 g/mol. The van der Waals surface area contributed by atoms with Crippen molar-refractivity contribution in [1.82, 2.24) is 0 Å². The molecule has 0 aliphatic heterocycles. The van der Waals surface area contributed by atoms with E-state index in [9.17, 15) is 4.79 Å². The summed E-state index contributed by atoms with van der Waals surface area (Å²) in [5, 5.41) is 0. The molecule has 0 aliphatic carbocycles. The first-order chi connectivity index (χ1) is 9.83. The Morgan fingerprint density at radius 3 is 2.40 bits per heavy atom. The van der Waals surface area contributed by atoms with Gasteiger partial charge in [-0.05, 0) is 24.8 Å².